The van der Waals surface area contributed by atoms with Crippen molar-refractivity contribution in [3.05, 3.63) is 59.7 Å². The molecule has 0 aliphatic carbocycles. The van der Waals surface area contributed by atoms with Crippen LogP contribution >= 0.6 is 11.8 Å². The van der Waals surface area contributed by atoms with Crippen LogP contribution in [0.2, 0.25) is 0 Å². The fourth-order valence-corrected chi connectivity index (χ4v) is 2.96. The second-order valence-corrected chi connectivity index (χ2v) is 6.26. The number of ether oxygens (including phenoxy) is 1. The highest BCUT2D eigenvalue weighted by atomic mass is 32.2. The Balaban J connectivity index is 2.05. The van der Waals surface area contributed by atoms with Crippen LogP contribution in [-0.2, 0) is 9.53 Å². The van der Waals surface area contributed by atoms with Crippen LogP contribution < -0.4 is 5.32 Å². The number of esters is 1. The molecular formula is C18H13F3N2O3S. The average Bonchev–Trinajstić information content (AvgIpc) is 2.64. The quantitative estimate of drug-likeness (QED) is 0.758. The molecule has 2 aromatic carbocycles. The Labute approximate surface area is 157 Å². The van der Waals surface area contributed by atoms with Crippen LogP contribution in [0.1, 0.15) is 15.9 Å². The molecule has 2 aromatic rings. The maximum absolute atomic E-state index is 12.2. The molecule has 0 unspecified atom stereocenters. The lowest BCUT2D eigenvalue weighted by Crippen LogP contribution is -2.36. The zero-order chi connectivity index (χ0) is 19.9. The fraction of sp³-hybridized carbons (Fsp3) is 0.167. The van der Waals surface area contributed by atoms with Gasteiger partial charge in [-0.25, -0.2) is 4.79 Å². The Kier molecular flexibility index (Phi) is 6.85. The van der Waals surface area contributed by atoms with Crippen molar-refractivity contribution < 1.29 is 27.5 Å². The summed E-state index contributed by atoms with van der Waals surface area (Å²) >= 11 is 1.17. The molecule has 0 aliphatic rings. The van der Waals surface area contributed by atoms with Gasteiger partial charge in [0.1, 0.15) is 12.6 Å². The van der Waals surface area contributed by atoms with Crippen molar-refractivity contribution in [3.8, 4) is 6.07 Å². The van der Waals surface area contributed by atoms with E-state index in [-0.39, 0.29) is 5.56 Å². The van der Waals surface area contributed by atoms with Gasteiger partial charge in [-0.2, -0.15) is 18.4 Å². The highest BCUT2D eigenvalue weighted by molar-refractivity contribution is 7.99. The highest BCUT2D eigenvalue weighted by Gasteiger charge is 2.28. The lowest BCUT2D eigenvalue weighted by Gasteiger charge is -2.11. The standard InChI is InChI=1S/C18H13F3N2O3S/c19-18(20,21)11-23-16(24)10-26-17(25)13-6-2-4-8-15(13)27-14-7-3-1-5-12(14)9-22/h1-8H,10-11H2,(H,23,24). The van der Waals surface area contributed by atoms with E-state index in [1.165, 1.54) is 17.8 Å². The van der Waals surface area contributed by atoms with Gasteiger partial charge in [0.15, 0.2) is 6.61 Å². The number of hydrogen-bond donors (Lipinski definition) is 1. The molecule has 1 N–H and O–H groups in total. The predicted octanol–water partition coefficient (Wildman–Crippen LogP) is 3.54. The number of alkyl halides is 3. The fourth-order valence-electron chi connectivity index (χ4n) is 1.95. The first-order chi connectivity index (χ1) is 12.8. The van der Waals surface area contributed by atoms with Gasteiger partial charge in [-0.15, -0.1) is 0 Å². The molecule has 0 heterocycles. The monoisotopic (exact) mass is 394 g/mol. The summed E-state index contributed by atoms with van der Waals surface area (Å²) in [4.78, 5) is 24.7. The summed E-state index contributed by atoms with van der Waals surface area (Å²) in [5.41, 5.74) is 0.566. The van der Waals surface area contributed by atoms with Gasteiger partial charge < -0.3 is 10.1 Å². The summed E-state index contributed by atoms with van der Waals surface area (Å²) in [6.45, 7) is -2.33. The number of rotatable bonds is 6. The van der Waals surface area contributed by atoms with Crippen molar-refractivity contribution in [3.63, 3.8) is 0 Å². The van der Waals surface area contributed by atoms with E-state index in [4.69, 9.17) is 10.00 Å². The molecular weight excluding hydrogens is 381 g/mol. The van der Waals surface area contributed by atoms with Gasteiger partial charge in [-0.05, 0) is 24.3 Å². The number of nitrogens with zero attached hydrogens (tertiary/aromatic N) is 1. The summed E-state index contributed by atoms with van der Waals surface area (Å²) < 4.78 is 41.0. The first-order valence-corrected chi connectivity index (χ1v) is 8.38. The van der Waals surface area contributed by atoms with Crippen molar-refractivity contribution in [1.29, 1.82) is 5.26 Å². The summed E-state index contributed by atoms with van der Waals surface area (Å²) in [7, 11) is 0. The maximum atomic E-state index is 12.2. The molecule has 1 amide bonds. The largest absolute Gasteiger partial charge is 0.452 e. The van der Waals surface area contributed by atoms with Crippen molar-refractivity contribution in [2.45, 2.75) is 16.0 Å². The summed E-state index contributed by atoms with van der Waals surface area (Å²) in [6, 6.07) is 15.2. The van der Waals surface area contributed by atoms with E-state index < -0.39 is 31.2 Å². The molecule has 9 heteroatoms. The third-order valence-corrected chi connectivity index (χ3v) is 4.31. The maximum Gasteiger partial charge on any atom is 0.405 e. The zero-order valence-corrected chi connectivity index (χ0v) is 14.6. The molecule has 0 aromatic heterocycles. The smallest absolute Gasteiger partial charge is 0.405 e. The van der Waals surface area contributed by atoms with Gasteiger partial charge in [0.25, 0.3) is 5.91 Å². The van der Waals surface area contributed by atoms with Crippen LogP contribution in [0.4, 0.5) is 13.2 Å². The molecule has 0 bridgehead atoms. The second-order valence-electron chi connectivity index (χ2n) is 5.17. The van der Waals surface area contributed by atoms with E-state index in [1.807, 2.05) is 6.07 Å². The normalized spacial score (nSPS) is 10.7. The van der Waals surface area contributed by atoms with Crippen LogP contribution in [0.3, 0.4) is 0 Å². The Hall–Kier alpha value is -2.99. The molecule has 0 fully saturated rings. The number of hydrogen-bond acceptors (Lipinski definition) is 5. The number of benzene rings is 2. The third kappa shape index (κ3) is 6.34. The van der Waals surface area contributed by atoms with E-state index in [0.717, 1.165) is 0 Å². The van der Waals surface area contributed by atoms with Gasteiger partial charge >= 0.3 is 12.1 Å². The predicted molar refractivity (Wildman–Crippen MR) is 91.1 cm³/mol. The van der Waals surface area contributed by atoms with E-state index in [1.54, 1.807) is 47.8 Å². The van der Waals surface area contributed by atoms with Gasteiger partial charge in [0, 0.05) is 9.79 Å². The number of carbonyl (C=O) groups excluding carboxylic acids is 2. The summed E-state index contributed by atoms with van der Waals surface area (Å²) in [6.07, 6.45) is -4.54. The first kappa shape index (κ1) is 20.3. The van der Waals surface area contributed by atoms with E-state index in [2.05, 4.69) is 0 Å². The second kappa shape index (κ2) is 9.09. The molecule has 0 aliphatic heterocycles. The van der Waals surface area contributed by atoms with E-state index in [0.29, 0.717) is 15.4 Å². The molecule has 0 radical (unpaired) electrons. The lowest BCUT2D eigenvalue weighted by atomic mass is 10.2. The topological polar surface area (TPSA) is 79.2 Å². The number of carbonyl (C=O) groups is 2. The Morgan fingerprint density at radius 1 is 1.07 bits per heavy atom. The van der Waals surface area contributed by atoms with Gasteiger partial charge in [-0.3, -0.25) is 4.79 Å². The van der Waals surface area contributed by atoms with E-state index >= 15 is 0 Å². The van der Waals surface area contributed by atoms with Crippen LogP contribution in [0.5, 0.6) is 0 Å². The third-order valence-electron chi connectivity index (χ3n) is 3.15. The number of nitriles is 1. The molecule has 140 valence electrons. The molecule has 5 nitrogen and oxygen atoms in total. The van der Waals surface area contributed by atoms with Crippen molar-refractivity contribution in [2.75, 3.05) is 13.2 Å². The van der Waals surface area contributed by atoms with Crippen molar-refractivity contribution in [1.82, 2.24) is 5.32 Å². The molecule has 0 saturated heterocycles. The first-order valence-electron chi connectivity index (χ1n) is 7.57. The molecule has 0 atom stereocenters. The Bertz CT molecular complexity index is 879. The minimum Gasteiger partial charge on any atom is -0.452 e. The van der Waals surface area contributed by atoms with Crippen LogP contribution in [-0.4, -0.2) is 31.2 Å². The number of amides is 1. The highest BCUT2D eigenvalue weighted by Crippen LogP contribution is 2.32. The Morgan fingerprint density at radius 3 is 2.37 bits per heavy atom. The minimum atomic E-state index is -4.54. The zero-order valence-electron chi connectivity index (χ0n) is 13.7. The van der Waals surface area contributed by atoms with Crippen molar-refractivity contribution in [2.24, 2.45) is 0 Å². The SMILES string of the molecule is N#Cc1ccccc1Sc1ccccc1C(=O)OCC(=O)NCC(F)(F)F. The van der Waals surface area contributed by atoms with E-state index in [9.17, 15) is 22.8 Å². The summed E-state index contributed by atoms with van der Waals surface area (Å²) in [5, 5.41) is 10.8. The number of nitrogens with one attached hydrogen (secondary N) is 1. The van der Waals surface area contributed by atoms with Crippen molar-refractivity contribution >= 4 is 23.6 Å². The average molecular weight is 394 g/mol. The molecule has 2 rings (SSSR count). The summed E-state index contributed by atoms with van der Waals surface area (Å²) in [5.74, 6) is -1.91. The molecule has 27 heavy (non-hydrogen) atoms. The van der Waals surface area contributed by atoms with Gasteiger partial charge in [-0.1, -0.05) is 36.0 Å². The molecule has 0 saturated carbocycles. The van der Waals surface area contributed by atoms with Crippen LogP contribution in [0.25, 0.3) is 0 Å². The lowest BCUT2D eigenvalue weighted by molar-refractivity contribution is -0.140. The number of halogens is 3. The van der Waals surface area contributed by atoms with Gasteiger partial charge in [0.2, 0.25) is 0 Å². The minimum absolute atomic E-state index is 0.138. The Morgan fingerprint density at radius 2 is 1.70 bits per heavy atom. The molecule has 0 spiro atoms. The van der Waals surface area contributed by atoms with Gasteiger partial charge in [0.05, 0.1) is 11.1 Å². The van der Waals surface area contributed by atoms with Crippen LogP contribution in [0.15, 0.2) is 58.3 Å². The van der Waals surface area contributed by atoms with Crippen LogP contribution in [0, 0.1) is 11.3 Å².